The predicted octanol–water partition coefficient (Wildman–Crippen LogP) is 7.55. The van der Waals surface area contributed by atoms with Crippen molar-refractivity contribution in [1.29, 1.82) is 0 Å². The van der Waals surface area contributed by atoms with Gasteiger partial charge in [0.1, 0.15) is 11.6 Å². The van der Waals surface area contributed by atoms with Crippen molar-refractivity contribution in [2.75, 3.05) is 4.90 Å². The molecule has 1 unspecified atom stereocenters. The lowest BCUT2D eigenvalue weighted by Crippen LogP contribution is -2.29. The Hall–Kier alpha value is -3.53. The van der Waals surface area contributed by atoms with Crippen LogP contribution >= 0.6 is 34.7 Å². The monoisotopic (exact) mass is 593 g/mol. The van der Waals surface area contributed by atoms with Gasteiger partial charge in [0, 0.05) is 16.3 Å². The molecular formula is C30H25ClFN3O3S2. The second kappa shape index (κ2) is 11.2. The second-order valence-corrected chi connectivity index (χ2v) is 12.9. The molecule has 6 nitrogen and oxygen atoms in total. The van der Waals surface area contributed by atoms with Crippen LogP contribution in [-0.4, -0.2) is 27.0 Å². The fourth-order valence-electron chi connectivity index (χ4n) is 4.36. The van der Waals surface area contributed by atoms with Gasteiger partial charge < -0.3 is 5.11 Å². The van der Waals surface area contributed by atoms with Crippen LogP contribution in [0.1, 0.15) is 49.1 Å². The minimum absolute atomic E-state index is 0.0920. The maximum absolute atomic E-state index is 13.6. The summed E-state index contributed by atoms with van der Waals surface area (Å²) in [4.78, 5) is 28.1. The van der Waals surface area contributed by atoms with E-state index in [1.165, 1.54) is 52.3 Å². The average molecular weight is 594 g/mol. The molecule has 5 rings (SSSR count). The third-order valence-electron chi connectivity index (χ3n) is 6.53. The number of halogens is 2. The highest BCUT2D eigenvalue weighted by molar-refractivity contribution is 8.00. The highest BCUT2D eigenvalue weighted by Gasteiger charge is 2.48. The van der Waals surface area contributed by atoms with Gasteiger partial charge in [0.15, 0.2) is 4.34 Å². The van der Waals surface area contributed by atoms with E-state index in [1.807, 2.05) is 48.5 Å². The van der Waals surface area contributed by atoms with Gasteiger partial charge in [0.05, 0.1) is 11.6 Å². The van der Waals surface area contributed by atoms with Gasteiger partial charge in [-0.1, -0.05) is 91.9 Å². The van der Waals surface area contributed by atoms with Crippen molar-refractivity contribution in [2.45, 2.75) is 42.3 Å². The molecule has 1 amide bonds. The Morgan fingerprint density at radius 1 is 1.00 bits per heavy atom. The lowest BCUT2D eigenvalue weighted by atomic mass is 9.85. The van der Waals surface area contributed by atoms with Gasteiger partial charge in [-0.2, -0.15) is 0 Å². The van der Waals surface area contributed by atoms with Crippen LogP contribution in [0.3, 0.4) is 0 Å². The van der Waals surface area contributed by atoms with Gasteiger partial charge in [-0.15, -0.1) is 10.2 Å². The number of carbonyl (C=O) groups excluding carboxylic acids is 2. The molecule has 1 aliphatic heterocycles. The van der Waals surface area contributed by atoms with Crippen molar-refractivity contribution in [3.63, 3.8) is 0 Å². The second-order valence-electron chi connectivity index (χ2n) is 10.3. The van der Waals surface area contributed by atoms with Gasteiger partial charge in [-0.05, 0) is 58.5 Å². The number of benzene rings is 3. The van der Waals surface area contributed by atoms with Crippen LogP contribution in [0.4, 0.5) is 9.52 Å². The van der Waals surface area contributed by atoms with E-state index in [0.29, 0.717) is 20.7 Å². The summed E-state index contributed by atoms with van der Waals surface area (Å²) < 4.78 is 14.2. The Balaban J connectivity index is 1.54. The van der Waals surface area contributed by atoms with Crippen LogP contribution in [0.15, 0.2) is 82.7 Å². The number of aromatic nitrogens is 2. The van der Waals surface area contributed by atoms with Crippen LogP contribution < -0.4 is 4.90 Å². The number of hydrogen-bond donors (Lipinski definition) is 1. The molecule has 10 heteroatoms. The standard InChI is InChI=1S/C30H25ClFN3O3S2/c1-30(2,3)20-10-6-18(7-11-20)24-23(25(36)19-8-14-22(32)15-9-19)26(37)27(38)35(24)28-33-34-29(40-28)39-16-17-4-12-21(31)13-5-17/h4-15,24,36H,16H2,1-3H3/b25-23-. The molecule has 4 aromatic rings. The van der Waals surface area contributed by atoms with E-state index < -0.39 is 23.5 Å². The summed E-state index contributed by atoms with van der Waals surface area (Å²) in [5.41, 5.74) is 2.77. The Morgan fingerprint density at radius 3 is 2.27 bits per heavy atom. The van der Waals surface area contributed by atoms with Crippen LogP contribution in [0, 0.1) is 5.82 Å². The highest BCUT2D eigenvalue weighted by atomic mass is 35.5. The first-order chi connectivity index (χ1) is 19.0. The molecule has 3 aromatic carbocycles. The summed E-state index contributed by atoms with van der Waals surface area (Å²) in [5, 5.41) is 20.6. The van der Waals surface area contributed by atoms with Crippen molar-refractivity contribution in [2.24, 2.45) is 0 Å². The summed E-state index contributed by atoms with van der Waals surface area (Å²) in [6, 6.07) is 19.2. The van der Waals surface area contributed by atoms with Gasteiger partial charge in [-0.3, -0.25) is 14.5 Å². The first kappa shape index (κ1) is 28.0. The third kappa shape index (κ3) is 5.68. The first-order valence-corrected chi connectivity index (χ1v) is 14.6. The van der Waals surface area contributed by atoms with Crippen molar-refractivity contribution < 1.29 is 19.1 Å². The van der Waals surface area contributed by atoms with Gasteiger partial charge in [0.2, 0.25) is 5.13 Å². The molecule has 2 heterocycles. The number of carbonyl (C=O) groups is 2. The van der Waals surface area contributed by atoms with Crippen molar-refractivity contribution in [3.8, 4) is 0 Å². The number of anilines is 1. The normalized spacial score (nSPS) is 17.0. The maximum atomic E-state index is 13.6. The van der Waals surface area contributed by atoms with E-state index in [0.717, 1.165) is 11.1 Å². The number of Topliss-reactive ketones (excluding diaryl/α,β-unsaturated/α-hetero) is 1. The van der Waals surface area contributed by atoms with Crippen LogP contribution in [0.5, 0.6) is 0 Å². The molecule has 0 aliphatic carbocycles. The van der Waals surface area contributed by atoms with E-state index >= 15 is 0 Å². The molecule has 40 heavy (non-hydrogen) atoms. The largest absolute Gasteiger partial charge is 0.507 e. The summed E-state index contributed by atoms with van der Waals surface area (Å²) in [7, 11) is 0. The van der Waals surface area contributed by atoms with E-state index in [1.54, 1.807) is 0 Å². The van der Waals surface area contributed by atoms with Gasteiger partial charge in [-0.25, -0.2) is 4.39 Å². The fourth-order valence-corrected chi connectivity index (χ4v) is 6.31. The van der Waals surface area contributed by atoms with Crippen molar-refractivity contribution in [3.05, 3.63) is 111 Å². The fraction of sp³-hybridized carbons (Fsp3) is 0.200. The molecule has 0 saturated carbocycles. The van der Waals surface area contributed by atoms with Crippen LogP contribution in [-0.2, 0) is 20.8 Å². The molecule has 1 fully saturated rings. The van der Waals surface area contributed by atoms with Gasteiger partial charge in [0.25, 0.3) is 5.78 Å². The van der Waals surface area contributed by atoms with Crippen molar-refractivity contribution in [1.82, 2.24) is 10.2 Å². The number of amides is 1. The zero-order valence-corrected chi connectivity index (χ0v) is 24.3. The quantitative estimate of drug-likeness (QED) is 0.0817. The third-order valence-corrected chi connectivity index (χ3v) is 8.91. The molecule has 1 atom stereocenters. The number of nitrogens with zero attached hydrogens (tertiary/aromatic N) is 3. The minimum Gasteiger partial charge on any atom is -0.507 e. The van der Waals surface area contributed by atoms with E-state index in [2.05, 4.69) is 31.0 Å². The Morgan fingerprint density at radius 2 is 1.65 bits per heavy atom. The Kier molecular flexibility index (Phi) is 7.81. The topological polar surface area (TPSA) is 83.4 Å². The molecule has 1 saturated heterocycles. The molecule has 1 aromatic heterocycles. The number of ketones is 1. The smallest absolute Gasteiger partial charge is 0.301 e. The lowest BCUT2D eigenvalue weighted by Gasteiger charge is -2.24. The molecule has 0 radical (unpaired) electrons. The van der Waals surface area contributed by atoms with E-state index in [-0.39, 0.29) is 27.4 Å². The van der Waals surface area contributed by atoms with Gasteiger partial charge >= 0.3 is 5.91 Å². The molecule has 1 N–H and O–H groups in total. The predicted molar refractivity (Wildman–Crippen MR) is 157 cm³/mol. The minimum atomic E-state index is -0.943. The molecule has 0 bridgehead atoms. The number of rotatable bonds is 6. The van der Waals surface area contributed by atoms with Crippen LogP contribution in [0.25, 0.3) is 5.76 Å². The molecular weight excluding hydrogens is 569 g/mol. The lowest BCUT2D eigenvalue weighted by molar-refractivity contribution is -0.132. The van der Waals surface area contributed by atoms with E-state index in [4.69, 9.17) is 11.6 Å². The number of thioether (sulfide) groups is 1. The van der Waals surface area contributed by atoms with Crippen LogP contribution in [0.2, 0.25) is 5.02 Å². The summed E-state index contributed by atoms with van der Waals surface area (Å²) in [6.45, 7) is 6.27. The SMILES string of the molecule is CC(C)(C)c1ccc(C2/C(=C(/O)c3ccc(F)cc3)C(=O)C(=O)N2c2nnc(SCc3ccc(Cl)cc3)s2)cc1. The van der Waals surface area contributed by atoms with Crippen molar-refractivity contribution >= 4 is 57.3 Å². The molecule has 204 valence electrons. The number of hydrogen-bond acceptors (Lipinski definition) is 7. The summed E-state index contributed by atoms with van der Waals surface area (Å²) in [5.74, 6) is -1.92. The average Bonchev–Trinajstić information content (AvgIpc) is 3.50. The summed E-state index contributed by atoms with van der Waals surface area (Å²) in [6.07, 6.45) is 0. The van der Waals surface area contributed by atoms with E-state index in [9.17, 15) is 19.1 Å². The number of aliphatic hydroxyl groups excluding tert-OH is 1. The zero-order chi connectivity index (χ0) is 28.6. The zero-order valence-electron chi connectivity index (χ0n) is 21.9. The number of aliphatic hydroxyl groups is 1. The Labute approximate surface area is 244 Å². The molecule has 0 spiro atoms. The highest BCUT2D eigenvalue weighted by Crippen LogP contribution is 2.44. The maximum Gasteiger partial charge on any atom is 0.301 e. The molecule has 1 aliphatic rings. The Bertz CT molecular complexity index is 1600. The summed E-state index contributed by atoms with van der Waals surface area (Å²) >= 11 is 8.61. The first-order valence-electron chi connectivity index (χ1n) is 12.4.